The van der Waals surface area contributed by atoms with E-state index in [4.69, 9.17) is 0 Å². The number of carbonyl (C=O) groups excluding carboxylic acids is 3. The molecule has 3 heterocycles. The fourth-order valence-corrected chi connectivity index (χ4v) is 9.00. The second-order valence-corrected chi connectivity index (χ2v) is 12.9. The number of nitrogens with zero attached hydrogens (tertiary/aromatic N) is 1. The number of thioether (sulfide) groups is 1. The van der Waals surface area contributed by atoms with Crippen molar-refractivity contribution in [3.63, 3.8) is 0 Å². The summed E-state index contributed by atoms with van der Waals surface area (Å²) in [4.78, 5) is 43.4. The highest BCUT2D eigenvalue weighted by molar-refractivity contribution is 8.02. The molecule has 36 heavy (non-hydrogen) atoms. The number of hydrogen-bond donors (Lipinski definition) is 3. The Balaban J connectivity index is 1.71. The zero-order valence-corrected chi connectivity index (χ0v) is 22.8. The van der Waals surface area contributed by atoms with Crippen molar-refractivity contribution >= 4 is 35.2 Å². The van der Waals surface area contributed by atoms with Crippen LogP contribution in [0.1, 0.15) is 66.2 Å². The SMILES string of the molecule is CCCCCNC(=O)C1N([C@@H](CO)[C@@H](C)CC)C(=O)[C@@H]2[C@@H](C(=O)Nc3ccccc3)[C@@]3(C)CCC12S3. The largest absolute Gasteiger partial charge is 0.394 e. The number of amides is 3. The minimum absolute atomic E-state index is 0.0268. The molecule has 198 valence electrons. The molecule has 8 heteroatoms. The van der Waals surface area contributed by atoms with Gasteiger partial charge in [0.25, 0.3) is 0 Å². The molecule has 3 fully saturated rings. The number of aliphatic hydroxyl groups is 1. The van der Waals surface area contributed by atoms with Crippen LogP contribution in [0.4, 0.5) is 5.69 Å². The molecular formula is C28H41N3O4S. The number of aliphatic hydroxyl groups excluding tert-OH is 1. The fraction of sp³-hybridized carbons (Fsp3) is 0.679. The molecule has 4 rings (SSSR count). The highest BCUT2D eigenvalue weighted by Crippen LogP contribution is 2.71. The molecule has 0 saturated carbocycles. The average Bonchev–Trinajstić information content (AvgIpc) is 3.43. The van der Waals surface area contributed by atoms with E-state index in [0.717, 1.165) is 32.1 Å². The number of unbranched alkanes of at least 4 members (excludes halogenated alkanes) is 2. The maximum absolute atomic E-state index is 14.2. The number of fused-ring (bicyclic) bond motifs is 1. The third kappa shape index (κ3) is 4.44. The van der Waals surface area contributed by atoms with Crippen LogP contribution in [0.5, 0.6) is 0 Å². The molecule has 0 radical (unpaired) electrons. The molecule has 3 N–H and O–H groups in total. The van der Waals surface area contributed by atoms with E-state index in [-0.39, 0.29) is 30.2 Å². The van der Waals surface area contributed by atoms with Crippen molar-refractivity contribution in [2.45, 2.75) is 87.8 Å². The molecule has 2 bridgehead atoms. The van der Waals surface area contributed by atoms with E-state index in [2.05, 4.69) is 24.5 Å². The van der Waals surface area contributed by atoms with Crippen LogP contribution in [-0.4, -0.2) is 62.5 Å². The maximum atomic E-state index is 14.2. The monoisotopic (exact) mass is 515 g/mol. The Morgan fingerprint density at radius 1 is 1.17 bits per heavy atom. The van der Waals surface area contributed by atoms with Gasteiger partial charge in [-0.15, -0.1) is 11.8 Å². The van der Waals surface area contributed by atoms with Crippen molar-refractivity contribution in [2.75, 3.05) is 18.5 Å². The molecule has 2 unspecified atom stereocenters. The first-order valence-corrected chi connectivity index (χ1v) is 14.3. The molecule has 1 aromatic rings. The maximum Gasteiger partial charge on any atom is 0.244 e. The van der Waals surface area contributed by atoms with Gasteiger partial charge in [0.1, 0.15) is 6.04 Å². The van der Waals surface area contributed by atoms with E-state index < -0.39 is 33.4 Å². The van der Waals surface area contributed by atoms with Crippen LogP contribution in [-0.2, 0) is 14.4 Å². The first-order chi connectivity index (χ1) is 17.2. The number of nitrogens with one attached hydrogen (secondary N) is 2. The van der Waals surface area contributed by atoms with Crippen LogP contribution in [0.2, 0.25) is 0 Å². The lowest BCUT2D eigenvalue weighted by Crippen LogP contribution is -2.57. The highest BCUT2D eigenvalue weighted by atomic mass is 32.2. The summed E-state index contributed by atoms with van der Waals surface area (Å²) in [5.41, 5.74) is 0.702. The van der Waals surface area contributed by atoms with Gasteiger partial charge in [-0.3, -0.25) is 14.4 Å². The Hall–Kier alpha value is -2.06. The lowest BCUT2D eigenvalue weighted by molar-refractivity contribution is -0.143. The first kappa shape index (κ1) is 27.0. The van der Waals surface area contributed by atoms with E-state index in [9.17, 15) is 19.5 Å². The zero-order valence-electron chi connectivity index (χ0n) is 22.0. The Morgan fingerprint density at radius 2 is 1.89 bits per heavy atom. The number of likely N-dealkylation sites (tertiary alicyclic amines) is 1. The molecule has 1 aromatic carbocycles. The van der Waals surface area contributed by atoms with Gasteiger partial charge >= 0.3 is 0 Å². The second kappa shape index (κ2) is 10.7. The molecule has 3 aliphatic heterocycles. The lowest BCUT2D eigenvalue weighted by atomic mass is 9.66. The third-order valence-corrected chi connectivity index (χ3v) is 10.7. The molecule has 7 atom stereocenters. The number of anilines is 1. The Kier molecular flexibility index (Phi) is 8.05. The highest BCUT2D eigenvalue weighted by Gasteiger charge is 2.77. The number of carbonyl (C=O) groups is 3. The number of rotatable bonds is 11. The van der Waals surface area contributed by atoms with E-state index in [1.54, 1.807) is 16.7 Å². The molecule has 3 amide bonds. The van der Waals surface area contributed by atoms with Gasteiger partial charge in [-0.25, -0.2) is 0 Å². The number of benzene rings is 1. The van der Waals surface area contributed by atoms with E-state index in [1.807, 2.05) is 44.2 Å². The molecule has 0 aromatic heterocycles. The molecule has 3 aliphatic rings. The van der Waals surface area contributed by atoms with Crippen LogP contribution in [0.25, 0.3) is 0 Å². The predicted octanol–water partition coefficient (Wildman–Crippen LogP) is 3.82. The lowest BCUT2D eigenvalue weighted by Gasteiger charge is -2.39. The summed E-state index contributed by atoms with van der Waals surface area (Å²) in [6, 6.07) is 8.17. The summed E-state index contributed by atoms with van der Waals surface area (Å²) in [7, 11) is 0. The summed E-state index contributed by atoms with van der Waals surface area (Å²) in [5, 5.41) is 16.5. The normalized spacial score (nSPS) is 32.3. The molecular weight excluding hydrogens is 474 g/mol. The molecule has 3 saturated heterocycles. The Bertz CT molecular complexity index is 975. The number of hydrogen-bond acceptors (Lipinski definition) is 5. The standard InChI is InChI=1S/C28H41N3O4S/c1-5-7-11-16-29-25(34)23-28-15-14-27(4,36-28)21(24(33)30-19-12-9-8-10-13-19)22(28)26(35)31(23)20(17-32)18(3)6-2/h8-10,12-13,18,20-23,32H,5-7,11,14-17H2,1-4H3,(H,29,34)(H,30,33)/t18-,20-,21-,22-,23?,27+,28?/m0/s1. The van der Waals surface area contributed by atoms with Gasteiger partial charge < -0.3 is 20.6 Å². The van der Waals surface area contributed by atoms with Crippen molar-refractivity contribution in [3.8, 4) is 0 Å². The van der Waals surface area contributed by atoms with Crippen LogP contribution < -0.4 is 10.6 Å². The van der Waals surface area contributed by atoms with E-state index >= 15 is 0 Å². The third-order valence-electron chi connectivity index (χ3n) is 8.71. The summed E-state index contributed by atoms with van der Waals surface area (Å²) in [6.45, 7) is 8.61. The van der Waals surface area contributed by atoms with Gasteiger partial charge in [0.2, 0.25) is 17.7 Å². The van der Waals surface area contributed by atoms with Gasteiger partial charge in [-0.1, -0.05) is 58.2 Å². The van der Waals surface area contributed by atoms with Crippen LogP contribution >= 0.6 is 11.8 Å². The van der Waals surface area contributed by atoms with Gasteiger partial charge in [0.15, 0.2) is 0 Å². The first-order valence-electron chi connectivity index (χ1n) is 13.5. The minimum atomic E-state index is -0.691. The van der Waals surface area contributed by atoms with Crippen molar-refractivity contribution in [3.05, 3.63) is 30.3 Å². The molecule has 7 nitrogen and oxygen atoms in total. The van der Waals surface area contributed by atoms with Gasteiger partial charge in [0, 0.05) is 17.0 Å². The molecule has 0 aliphatic carbocycles. The summed E-state index contributed by atoms with van der Waals surface area (Å²) >= 11 is 1.67. The van der Waals surface area contributed by atoms with Gasteiger partial charge in [-0.05, 0) is 44.2 Å². The predicted molar refractivity (Wildman–Crippen MR) is 144 cm³/mol. The van der Waals surface area contributed by atoms with Crippen LogP contribution in [0, 0.1) is 17.8 Å². The summed E-state index contributed by atoms with van der Waals surface area (Å²) in [6.07, 6.45) is 5.24. The van der Waals surface area contributed by atoms with Crippen molar-refractivity contribution < 1.29 is 19.5 Å². The van der Waals surface area contributed by atoms with Crippen molar-refractivity contribution in [1.29, 1.82) is 0 Å². The molecule has 1 spiro atoms. The number of para-hydroxylation sites is 1. The van der Waals surface area contributed by atoms with Crippen LogP contribution in [0.3, 0.4) is 0 Å². The quantitative estimate of drug-likeness (QED) is 0.389. The van der Waals surface area contributed by atoms with Crippen molar-refractivity contribution in [1.82, 2.24) is 10.2 Å². The zero-order chi connectivity index (χ0) is 26.1. The fourth-order valence-electron chi connectivity index (χ4n) is 6.66. The summed E-state index contributed by atoms with van der Waals surface area (Å²) < 4.78 is -1.09. The minimum Gasteiger partial charge on any atom is -0.394 e. The Morgan fingerprint density at radius 3 is 2.53 bits per heavy atom. The van der Waals surface area contributed by atoms with Gasteiger partial charge in [0.05, 0.1) is 29.2 Å². The van der Waals surface area contributed by atoms with E-state index in [1.165, 1.54) is 0 Å². The average molecular weight is 516 g/mol. The smallest absolute Gasteiger partial charge is 0.244 e. The second-order valence-electron chi connectivity index (χ2n) is 11.0. The summed E-state index contributed by atoms with van der Waals surface area (Å²) in [5.74, 6) is -1.57. The van der Waals surface area contributed by atoms with E-state index in [0.29, 0.717) is 18.7 Å². The topological polar surface area (TPSA) is 98.7 Å². The van der Waals surface area contributed by atoms with Crippen LogP contribution in [0.15, 0.2) is 30.3 Å². The van der Waals surface area contributed by atoms with Gasteiger partial charge in [-0.2, -0.15) is 0 Å². The Labute approximate surface area is 219 Å². The van der Waals surface area contributed by atoms with Crippen molar-refractivity contribution in [2.24, 2.45) is 17.8 Å².